The van der Waals surface area contributed by atoms with Gasteiger partial charge < -0.3 is 14.4 Å². The first kappa shape index (κ1) is 14.2. The lowest BCUT2D eigenvalue weighted by molar-refractivity contribution is -0.140. The van der Waals surface area contributed by atoms with Crippen molar-refractivity contribution in [3.05, 3.63) is 24.3 Å². The molecule has 4 heteroatoms. The lowest BCUT2D eigenvalue weighted by Crippen LogP contribution is -2.45. The first-order valence-electron chi connectivity index (χ1n) is 7.86. The largest absolute Gasteiger partial charge is 0.497 e. The number of benzene rings is 1. The molecule has 3 rings (SSSR count). The number of rotatable bonds is 4. The number of likely N-dealkylation sites (tertiary alicyclic amines) is 1. The number of carbonyl (C=O) groups is 1. The minimum Gasteiger partial charge on any atom is -0.497 e. The first-order chi connectivity index (χ1) is 10.3. The molecule has 0 radical (unpaired) electrons. The second-order valence-electron chi connectivity index (χ2n) is 5.95. The molecule has 0 bridgehead atoms. The fraction of sp³-hybridized carbons (Fsp3) is 0.588. The Hall–Kier alpha value is -1.71. The highest BCUT2D eigenvalue weighted by Crippen LogP contribution is 2.30. The van der Waals surface area contributed by atoms with E-state index in [2.05, 4.69) is 0 Å². The molecule has 2 fully saturated rings. The number of nitrogens with zero attached hydrogens (tertiary/aromatic N) is 1. The molecule has 0 spiro atoms. The van der Waals surface area contributed by atoms with E-state index >= 15 is 0 Å². The van der Waals surface area contributed by atoms with Crippen LogP contribution in [0.3, 0.4) is 0 Å². The van der Waals surface area contributed by atoms with Gasteiger partial charge in [0.1, 0.15) is 17.6 Å². The molecule has 0 unspecified atom stereocenters. The molecular formula is C17H23NO3. The number of hydrogen-bond donors (Lipinski definition) is 0. The topological polar surface area (TPSA) is 38.8 Å². The van der Waals surface area contributed by atoms with Crippen LogP contribution < -0.4 is 9.47 Å². The number of piperidine rings is 1. The van der Waals surface area contributed by atoms with Crippen LogP contribution in [0.15, 0.2) is 24.3 Å². The van der Waals surface area contributed by atoms with Gasteiger partial charge in [-0.2, -0.15) is 0 Å². The third kappa shape index (κ3) is 3.31. The molecule has 0 atom stereocenters. The van der Waals surface area contributed by atoms with E-state index in [1.54, 1.807) is 7.11 Å². The van der Waals surface area contributed by atoms with E-state index in [4.69, 9.17) is 9.47 Å². The van der Waals surface area contributed by atoms with Crippen LogP contribution in [-0.2, 0) is 4.79 Å². The average molecular weight is 289 g/mol. The molecule has 4 nitrogen and oxygen atoms in total. The summed E-state index contributed by atoms with van der Waals surface area (Å²) in [5.74, 6) is 2.39. The zero-order chi connectivity index (χ0) is 14.7. The van der Waals surface area contributed by atoms with Crippen LogP contribution in [0.25, 0.3) is 0 Å². The second-order valence-corrected chi connectivity index (χ2v) is 5.95. The molecule has 1 aliphatic heterocycles. The van der Waals surface area contributed by atoms with Crippen LogP contribution in [0.1, 0.15) is 32.1 Å². The number of ether oxygens (including phenoxy) is 2. The number of methoxy groups -OCH3 is 1. The predicted molar refractivity (Wildman–Crippen MR) is 80.6 cm³/mol. The molecule has 1 saturated carbocycles. The van der Waals surface area contributed by atoms with Gasteiger partial charge in [-0.3, -0.25) is 4.79 Å². The summed E-state index contributed by atoms with van der Waals surface area (Å²) in [6.07, 6.45) is 5.44. The molecule has 1 saturated heterocycles. The Labute approximate surface area is 126 Å². The quantitative estimate of drug-likeness (QED) is 0.855. The van der Waals surface area contributed by atoms with Crippen LogP contribution in [0.5, 0.6) is 11.5 Å². The van der Waals surface area contributed by atoms with Crippen molar-refractivity contribution >= 4 is 5.91 Å². The van der Waals surface area contributed by atoms with Gasteiger partial charge in [0, 0.05) is 31.8 Å². The molecule has 1 aliphatic carbocycles. The van der Waals surface area contributed by atoms with Crippen molar-refractivity contribution in [1.29, 1.82) is 0 Å². The van der Waals surface area contributed by atoms with Gasteiger partial charge in [0.15, 0.2) is 0 Å². The Bertz CT molecular complexity index is 473. The standard InChI is InChI=1S/C17H23NO3/c1-20-14-5-7-15(8-6-14)21-16-9-11-18(12-10-16)17(19)13-3-2-4-13/h5-8,13,16H,2-4,9-12H2,1H3. The molecule has 114 valence electrons. The third-order valence-electron chi connectivity index (χ3n) is 4.57. The normalized spacial score (nSPS) is 20.0. The van der Waals surface area contributed by atoms with Crippen LogP contribution in [0.4, 0.5) is 0 Å². The van der Waals surface area contributed by atoms with Gasteiger partial charge in [-0.1, -0.05) is 6.42 Å². The summed E-state index contributed by atoms with van der Waals surface area (Å²) >= 11 is 0. The summed E-state index contributed by atoms with van der Waals surface area (Å²) in [7, 11) is 1.66. The Morgan fingerprint density at radius 2 is 1.67 bits per heavy atom. The van der Waals surface area contributed by atoms with Crippen molar-refractivity contribution in [2.45, 2.75) is 38.2 Å². The van der Waals surface area contributed by atoms with Gasteiger partial charge in [-0.25, -0.2) is 0 Å². The SMILES string of the molecule is COc1ccc(OC2CCN(C(=O)C3CCC3)CC2)cc1. The minimum absolute atomic E-state index is 0.212. The molecular weight excluding hydrogens is 266 g/mol. The molecule has 2 aliphatic rings. The molecule has 21 heavy (non-hydrogen) atoms. The van der Waals surface area contributed by atoms with Crippen molar-refractivity contribution in [3.63, 3.8) is 0 Å². The summed E-state index contributed by atoms with van der Waals surface area (Å²) in [4.78, 5) is 14.2. The number of amides is 1. The zero-order valence-corrected chi connectivity index (χ0v) is 12.6. The van der Waals surface area contributed by atoms with E-state index in [9.17, 15) is 4.79 Å². The summed E-state index contributed by atoms with van der Waals surface area (Å²) in [5, 5.41) is 0. The highest BCUT2D eigenvalue weighted by Gasteiger charge is 2.31. The van der Waals surface area contributed by atoms with Gasteiger partial charge in [-0.05, 0) is 37.1 Å². The smallest absolute Gasteiger partial charge is 0.225 e. The minimum atomic E-state index is 0.212. The van der Waals surface area contributed by atoms with E-state index in [1.165, 1.54) is 6.42 Å². The lowest BCUT2D eigenvalue weighted by Gasteiger charge is -2.36. The van der Waals surface area contributed by atoms with Gasteiger partial charge in [0.25, 0.3) is 0 Å². The monoisotopic (exact) mass is 289 g/mol. The first-order valence-corrected chi connectivity index (χ1v) is 7.86. The van der Waals surface area contributed by atoms with Crippen molar-refractivity contribution in [2.75, 3.05) is 20.2 Å². The van der Waals surface area contributed by atoms with Gasteiger partial charge in [0.05, 0.1) is 7.11 Å². The van der Waals surface area contributed by atoms with Crippen LogP contribution in [-0.4, -0.2) is 37.1 Å². The average Bonchev–Trinajstić information content (AvgIpc) is 2.47. The fourth-order valence-corrected chi connectivity index (χ4v) is 2.95. The van der Waals surface area contributed by atoms with Crippen molar-refractivity contribution in [3.8, 4) is 11.5 Å². The van der Waals surface area contributed by atoms with E-state index in [0.717, 1.165) is 50.3 Å². The molecule has 0 aromatic heterocycles. The predicted octanol–water partition coefficient (Wildman–Crippen LogP) is 2.87. The Kier molecular flexibility index (Phi) is 4.32. The highest BCUT2D eigenvalue weighted by molar-refractivity contribution is 5.79. The van der Waals surface area contributed by atoms with Gasteiger partial charge in [0.2, 0.25) is 5.91 Å². The van der Waals surface area contributed by atoms with E-state index in [0.29, 0.717) is 11.8 Å². The second kappa shape index (κ2) is 6.37. The van der Waals surface area contributed by atoms with Gasteiger partial charge >= 0.3 is 0 Å². The lowest BCUT2D eigenvalue weighted by atomic mass is 9.84. The molecule has 1 aromatic carbocycles. The Balaban J connectivity index is 1.47. The summed E-state index contributed by atoms with van der Waals surface area (Å²) in [6, 6.07) is 7.69. The van der Waals surface area contributed by atoms with Crippen LogP contribution >= 0.6 is 0 Å². The molecule has 1 amide bonds. The third-order valence-corrected chi connectivity index (χ3v) is 4.57. The molecule has 1 heterocycles. The maximum Gasteiger partial charge on any atom is 0.225 e. The van der Waals surface area contributed by atoms with Crippen LogP contribution in [0.2, 0.25) is 0 Å². The summed E-state index contributed by atoms with van der Waals surface area (Å²) < 4.78 is 11.1. The van der Waals surface area contributed by atoms with Crippen molar-refractivity contribution in [1.82, 2.24) is 4.90 Å². The van der Waals surface area contributed by atoms with E-state index in [1.807, 2.05) is 29.2 Å². The van der Waals surface area contributed by atoms with Gasteiger partial charge in [-0.15, -0.1) is 0 Å². The van der Waals surface area contributed by atoms with E-state index in [-0.39, 0.29) is 6.10 Å². The summed E-state index contributed by atoms with van der Waals surface area (Å²) in [5.41, 5.74) is 0. The fourth-order valence-electron chi connectivity index (χ4n) is 2.95. The van der Waals surface area contributed by atoms with Crippen molar-refractivity contribution < 1.29 is 14.3 Å². The Morgan fingerprint density at radius 3 is 2.19 bits per heavy atom. The highest BCUT2D eigenvalue weighted by atomic mass is 16.5. The maximum atomic E-state index is 12.2. The molecule has 1 aromatic rings. The maximum absolute atomic E-state index is 12.2. The summed E-state index contributed by atoms with van der Waals surface area (Å²) in [6.45, 7) is 1.66. The van der Waals surface area contributed by atoms with Crippen LogP contribution in [0, 0.1) is 5.92 Å². The zero-order valence-electron chi connectivity index (χ0n) is 12.6. The molecule has 0 N–H and O–H groups in total. The van der Waals surface area contributed by atoms with Crippen molar-refractivity contribution in [2.24, 2.45) is 5.92 Å². The number of hydrogen-bond acceptors (Lipinski definition) is 3. The van der Waals surface area contributed by atoms with E-state index < -0.39 is 0 Å². The number of carbonyl (C=O) groups excluding carboxylic acids is 1. The Morgan fingerprint density at radius 1 is 1.05 bits per heavy atom.